The second kappa shape index (κ2) is 7.90. The molecule has 4 rings (SSSR count). The van der Waals surface area contributed by atoms with Crippen molar-refractivity contribution in [3.05, 3.63) is 54.1 Å². The fourth-order valence-corrected chi connectivity index (χ4v) is 3.44. The molecule has 0 aromatic carbocycles. The molecule has 1 aliphatic rings. The molecule has 0 fully saturated rings. The molecule has 9 nitrogen and oxygen atoms in total. The van der Waals surface area contributed by atoms with Crippen molar-refractivity contribution >= 4 is 33.9 Å². The molecule has 0 amide bonds. The van der Waals surface area contributed by atoms with Crippen LogP contribution < -0.4 is 27.3 Å². The first kappa shape index (κ1) is 18.9. The Bertz CT molecular complexity index is 1060. The maximum Gasteiger partial charge on any atom is 0.133 e. The van der Waals surface area contributed by atoms with E-state index in [4.69, 9.17) is 5.73 Å². The van der Waals surface area contributed by atoms with Gasteiger partial charge in [-0.3, -0.25) is 5.01 Å². The summed E-state index contributed by atoms with van der Waals surface area (Å²) in [5, 5.41) is 10.2. The first-order chi connectivity index (χ1) is 14.1. The van der Waals surface area contributed by atoms with Crippen LogP contribution in [-0.4, -0.2) is 34.1 Å². The van der Waals surface area contributed by atoms with Gasteiger partial charge in [0.2, 0.25) is 0 Å². The van der Waals surface area contributed by atoms with Crippen LogP contribution in [0.2, 0.25) is 0 Å². The van der Waals surface area contributed by atoms with Crippen molar-refractivity contribution < 1.29 is 0 Å². The maximum absolute atomic E-state index is 6.18. The van der Waals surface area contributed by atoms with E-state index in [2.05, 4.69) is 43.5 Å². The van der Waals surface area contributed by atoms with E-state index in [0.717, 1.165) is 34.4 Å². The number of anilines is 3. The number of hydrogen-bond acceptors (Lipinski definition) is 9. The van der Waals surface area contributed by atoms with Gasteiger partial charge in [-0.1, -0.05) is 6.92 Å². The first-order valence-corrected chi connectivity index (χ1v) is 9.51. The Morgan fingerprint density at radius 3 is 2.76 bits per heavy atom. The van der Waals surface area contributed by atoms with Crippen LogP contribution in [0.25, 0.3) is 16.5 Å². The summed E-state index contributed by atoms with van der Waals surface area (Å²) >= 11 is 0. The van der Waals surface area contributed by atoms with Gasteiger partial charge in [-0.15, -0.1) is 5.53 Å². The van der Waals surface area contributed by atoms with Crippen LogP contribution in [0.3, 0.4) is 0 Å². The highest BCUT2D eigenvalue weighted by molar-refractivity contribution is 5.93. The number of nitrogens with one attached hydrogen (secondary N) is 4. The summed E-state index contributed by atoms with van der Waals surface area (Å²) in [6.45, 7) is 2.15. The van der Waals surface area contributed by atoms with Gasteiger partial charge >= 0.3 is 0 Å². The predicted octanol–water partition coefficient (Wildman–Crippen LogP) is 2.27. The van der Waals surface area contributed by atoms with Crippen LogP contribution in [0.1, 0.15) is 30.6 Å². The lowest BCUT2D eigenvalue weighted by molar-refractivity contribution is 0.343. The topological polar surface area (TPSA) is 116 Å². The zero-order valence-corrected chi connectivity index (χ0v) is 16.7. The molecule has 3 aromatic rings. The van der Waals surface area contributed by atoms with Crippen LogP contribution >= 0.6 is 0 Å². The number of nitrogens with zero attached hydrogens (tertiary/aromatic N) is 4. The van der Waals surface area contributed by atoms with Crippen LogP contribution in [0, 0.1) is 0 Å². The molecule has 3 aromatic heterocycles. The molecule has 0 unspecified atom stereocenters. The van der Waals surface area contributed by atoms with Crippen molar-refractivity contribution in [2.75, 3.05) is 25.1 Å². The Labute approximate surface area is 169 Å². The van der Waals surface area contributed by atoms with Crippen molar-refractivity contribution in [3.8, 4) is 0 Å². The number of fused-ring (bicyclic) bond motifs is 1. The quantitative estimate of drug-likeness (QED) is 0.431. The SMILES string of the molecule is CC[C@H](NC)c1ccnc(Nc2cc3cc(C4=CNNN4C)nc(N)c3cn2)c1. The maximum atomic E-state index is 6.18. The van der Waals surface area contributed by atoms with E-state index in [1.165, 1.54) is 5.56 Å². The third-order valence-electron chi connectivity index (χ3n) is 5.01. The monoisotopic (exact) mass is 391 g/mol. The normalized spacial score (nSPS) is 14.6. The second-order valence-corrected chi connectivity index (χ2v) is 6.88. The average molecular weight is 391 g/mol. The molecule has 1 aliphatic heterocycles. The standard InChI is InChI=1S/C20H25N9/c1-4-15(22-2)12-5-6-23-18(8-12)27-19-9-13-7-16(17-11-25-28-29(17)3)26-20(21)14(13)10-24-19/h5-11,15,22,25,28H,4H2,1-3H3,(H2,21,26)(H,23,24,27)/t15-/m0/s1. The molecule has 29 heavy (non-hydrogen) atoms. The van der Waals surface area contributed by atoms with Crippen molar-refractivity contribution in [3.63, 3.8) is 0 Å². The lowest BCUT2D eigenvalue weighted by Crippen LogP contribution is -2.33. The van der Waals surface area contributed by atoms with E-state index in [-0.39, 0.29) is 6.04 Å². The number of nitrogens with two attached hydrogens (primary N) is 1. The van der Waals surface area contributed by atoms with Gasteiger partial charge in [0.25, 0.3) is 0 Å². The highest BCUT2D eigenvalue weighted by Gasteiger charge is 2.16. The fraction of sp³-hybridized carbons (Fsp3) is 0.250. The molecular formula is C20H25N9. The van der Waals surface area contributed by atoms with Crippen molar-refractivity contribution in [1.29, 1.82) is 0 Å². The van der Waals surface area contributed by atoms with E-state index in [1.54, 1.807) is 12.4 Å². The third-order valence-corrected chi connectivity index (χ3v) is 5.01. The van der Waals surface area contributed by atoms with Gasteiger partial charge < -0.3 is 21.8 Å². The van der Waals surface area contributed by atoms with Gasteiger partial charge in [0.15, 0.2) is 0 Å². The Hall–Kier alpha value is -3.43. The van der Waals surface area contributed by atoms with Gasteiger partial charge in [0.1, 0.15) is 17.5 Å². The summed E-state index contributed by atoms with van der Waals surface area (Å²) in [5.74, 6) is 1.89. The summed E-state index contributed by atoms with van der Waals surface area (Å²) in [5.41, 5.74) is 15.0. The number of hydrazine groups is 2. The lowest BCUT2D eigenvalue weighted by atomic mass is 10.1. The summed E-state index contributed by atoms with van der Waals surface area (Å²) in [6.07, 6.45) is 6.38. The summed E-state index contributed by atoms with van der Waals surface area (Å²) in [4.78, 5) is 13.4. The smallest absolute Gasteiger partial charge is 0.133 e. The Morgan fingerprint density at radius 1 is 1.21 bits per heavy atom. The van der Waals surface area contributed by atoms with E-state index in [1.807, 2.05) is 49.6 Å². The number of rotatable bonds is 6. The zero-order chi connectivity index (χ0) is 20.4. The van der Waals surface area contributed by atoms with Crippen molar-refractivity contribution in [2.45, 2.75) is 19.4 Å². The molecule has 9 heteroatoms. The molecule has 6 N–H and O–H groups in total. The largest absolute Gasteiger partial charge is 0.383 e. The van der Waals surface area contributed by atoms with Crippen LogP contribution in [0.15, 0.2) is 42.9 Å². The van der Waals surface area contributed by atoms with Crippen molar-refractivity contribution in [2.24, 2.45) is 0 Å². The third kappa shape index (κ3) is 3.78. The summed E-state index contributed by atoms with van der Waals surface area (Å²) < 4.78 is 0. The number of aromatic nitrogens is 3. The number of hydrogen-bond donors (Lipinski definition) is 5. The predicted molar refractivity (Wildman–Crippen MR) is 116 cm³/mol. The van der Waals surface area contributed by atoms with E-state index >= 15 is 0 Å². The molecule has 150 valence electrons. The average Bonchev–Trinajstić information content (AvgIpc) is 3.15. The molecule has 4 heterocycles. The van der Waals surface area contributed by atoms with Crippen LogP contribution in [0.5, 0.6) is 0 Å². The van der Waals surface area contributed by atoms with Gasteiger partial charge in [0.05, 0.1) is 11.4 Å². The molecular weight excluding hydrogens is 366 g/mol. The summed E-state index contributed by atoms with van der Waals surface area (Å²) in [6, 6.07) is 8.30. The minimum Gasteiger partial charge on any atom is -0.383 e. The van der Waals surface area contributed by atoms with Gasteiger partial charge in [0, 0.05) is 37.1 Å². The Balaban J connectivity index is 1.66. The molecule has 0 radical (unpaired) electrons. The van der Waals surface area contributed by atoms with Crippen LogP contribution in [0.4, 0.5) is 17.5 Å². The molecule has 0 aliphatic carbocycles. The van der Waals surface area contributed by atoms with E-state index < -0.39 is 0 Å². The molecule has 0 spiro atoms. The Kier molecular flexibility index (Phi) is 5.15. The van der Waals surface area contributed by atoms with E-state index in [9.17, 15) is 0 Å². The highest BCUT2D eigenvalue weighted by Crippen LogP contribution is 2.27. The van der Waals surface area contributed by atoms with E-state index in [0.29, 0.717) is 11.6 Å². The van der Waals surface area contributed by atoms with Crippen LogP contribution in [-0.2, 0) is 0 Å². The fourth-order valence-electron chi connectivity index (χ4n) is 3.44. The molecule has 0 saturated carbocycles. The zero-order valence-electron chi connectivity index (χ0n) is 16.7. The van der Waals surface area contributed by atoms with Crippen molar-refractivity contribution in [1.82, 2.24) is 36.2 Å². The Morgan fingerprint density at radius 2 is 2.03 bits per heavy atom. The number of nitrogen functional groups attached to an aromatic ring is 1. The number of pyridine rings is 3. The van der Waals surface area contributed by atoms with Gasteiger partial charge in [-0.25, -0.2) is 15.0 Å². The van der Waals surface area contributed by atoms with Gasteiger partial charge in [-0.05, 0) is 48.7 Å². The summed E-state index contributed by atoms with van der Waals surface area (Å²) in [7, 11) is 3.87. The lowest BCUT2D eigenvalue weighted by Gasteiger charge is -2.16. The first-order valence-electron chi connectivity index (χ1n) is 9.51. The van der Waals surface area contributed by atoms with Gasteiger partial charge in [-0.2, -0.15) is 0 Å². The molecule has 0 bridgehead atoms. The molecule has 0 saturated heterocycles. The highest BCUT2D eigenvalue weighted by atomic mass is 15.7. The minimum absolute atomic E-state index is 0.287. The second-order valence-electron chi connectivity index (χ2n) is 6.88. The molecule has 1 atom stereocenters. The minimum atomic E-state index is 0.287.